The van der Waals surface area contributed by atoms with Crippen LogP contribution in [0.15, 0.2) is 24.3 Å². The van der Waals surface area contributed by atoms with Gasteiger partial charge >= 0.3 is 5.97 Å². The molecule has 2 atom stereocenters. The van der Waals surface area contributed by atoms with Gasteiger partial charge < -0.3 is 9.64 Å². The SMILES string of the molecule is C[C@H](CSC(=O)CCCON(O)O)C(=O)N1CCC[C@H]1C(=O)Oc1cccc(CON(O)O)c1. The van der Waals surface area contributed by atoms with Crippen LogP contribution in [0.25, 0.3) is 0 Å². The molecule has 0 saturated carbocycles. The first-order chi connectivity index (χ1) is 16.2. The monoisotopic (exact) mass is 503 g/mol. The molecule has 1 saturated heterocycles. The zero-order valence-electron chi connectivity index (χ0n) is 18.6. The highest BCUT2D eigenvalue weighted by Gasteiger charge is 2.37. The Hall–Kier alpha value is -2.14. The van der Waals surface area contributed by atoms with E-state index in [1.807, 2.05) is 0 Å². The Labute approximate surface area is 200 Å². The normalized spacial score (nSPS) is 16.8. The zero-order chi connectivity index (χ0) is 25.1. The maximum absolute atomic E-state index is 12.9. The lowest BCUT2D eigenvalue weighted by Gasteiger charge is -2.26. The zero-order valence-corrected chi connectivity index (χ0v) is 19.4. The van der Waals surface area contributed by atoms with E-state index in [9.17, 15) is 14.4 Å². The summed E-state index contributed by atoms with van der Waals surface area (Å²) in [5, 5.41) is 33.1. The molecule has 0 unspecified atom stereocenters. The molecule has 13 nitrogen and oxygen atoms in total. The lowest BCUT2D eigenvalue weighted by Crippen LogP contribution is -2.45. The van der Waals surface area contributed by atoms with E-state index in [-0.39, 0.29) is 48.6 Å². The van der Waals surface area contributed by atoms with Gasteiger partial charge in [-0.3, -0.25) is 35.3 Å². The second-order valence-corrected chi connectivity index (χ2v) is 8.64. The molecule has 4 N–H and O–H groups in total. The maximum atomic E-state index is 12.9. The number of thioether (sulfide) groups is 1. The van der Waals surface area contributed by atoms with Crippen molar-refractivity contribution in [1.82, 2.24) is 15.7 Å². The minimum atomic E-state index is -0.738. The summed E-state index contributed by atoms with van der Waals surface area (Å²) in [5.41, 5.74) is 0.532. The fourth-order valence-electron chi connectivity index (χ4n) is 3.30. The molecule has 0 spiro atoms. The average Bonchev–Trinajstić information content (AvgIpc) is 3.28. The lowest BCUT2D eigenvalue weighted by atomic mass is 10.1. The Morgan fingerprint density at radius 3 is 2.62 bits per heavy atom. The molecule has 0 bridgehead atoms. The number of likely N-dealkylation sites (tertiary alicyclic amines) is 1. The largest absolute Gasteiger partial charge is 0.425 e. The van der Waals surface area contributed by atoms with Crippen LogP contribution in [0.4, 0.5) is 0 Å². The van der Waals surface area contributed by atoms with Crippen molar-refractivity contribution >= 4 is 28.8 Å². The highest BCUT2D eigenvalue weighted by atomic mass is 32.2. The van der Waals surface area contributed by atoms with Gasteiger partial charge in [0.05, 0.1) is 24.0 Å². The number of nitrogens with zero attached hydrogens (tertiary/aromatic N) is 3. The van der Waals surface area contributed by atoms with Crippen molar-refractivity contribution in [3.05, 3.63) is 29.8 Å². The standard InChI is InChI=1S/C20H29N3O10S/c1-14(13-34-18(24)8-4-10-31-22(27)28)19(25)21-9-3-7-17(21)20(26)33-16-6-2-5-15(11-16)12-32-23(29)30/h2,5-6,11,14,17,27-30H,3-4,7-10,12-13H2,1H3/t14-,17+/m1/s1. The molecule has 1 aliphatic heterocycles. The van der Waals surface area contributed by atoms with E-state index in [1.54, 1.807) is 25.1 Å². The molecule has 34 heavy (non-hydrogen) atoms. The van der Waals surface area contributed by atoms with Crippen molar-refractivity contribution < 1.29 is 49.6 Å². The van der Waals surface area contributed by atoms with Crippen molar-refractivity contribution in [3.8, 4) is 5.75 Å². The van der Waals surface area contributed by atoms with Gasteiger partial charge in [-0.1, -0.05) is 30.8 Å². The molecule has 0 aliphatic carbocycles. The Morgan fingerprint density at radius 2 is 1.91 bits per heavy atom. The highest BCUT2D eigenvalue weighted by Crippen LogP contribution is 2.24. The first-order valence-electron chi connectivity index (χ1n) is 10.6. The summed E-state index contributed by atoms with van der Waals surface area (Å²) in [4.78, 5) is 48.0. The number of esters is 1. The number of carbonyl (C=O) groups is 3. The van der Waals surface area contributed by atoms with Crippen LogP contribution in [0.2, 0.25) is 0 Å². The third kappa shape index (κ3) is 9.61. The van der Waals surface area contributed by atoms with Gasteiger partial charge in [0.15, 0.2) is 5.12 Å². The summed E-state index contributed by atoms with van der Waals surface area (Å²) in [6.07, 6.45) is 1.55. The van der Waals surface area contributed by atoms with Crippen LogP contribution in [0.1, 0.15) is 38.2 Å². The van der Waals surface area contributed by atoms with Crippen LogP contribution in [0.3, 0.4) is 0 Å². The topological polar surface area (TPSA) is 170 Å². The van der Waals surface area contributed by atoms with Crippen molar-refractivity contribution in [2.75, 3.05) is 18.9 Å². The van der Waals surface area contributed by atoms with E-state index in [1.165, 1.54) is 11.0 Å². The van der Waals surface area contributed by atoms with Gasteiger partial charge in [-0.25, -0.2) is 9.63 Å². The van der Waals surface area contributed by atoms with Crippen molar-refractivity contribution in [2.24, 2.45) is 5.92 Å². The van der Waals surface area contributed by atoms with Crippen molar-refractivity contribution in [1.29, 1.82) is 0 Å². The smallest absolute Gasteiger partial charge is 0.334 e. The van der Waals surface area contributed by atoms with Crippen LogP contribution in [-0.4, -0.2) is 78.4 Å². The van der Waals surface area contributed by atoms with Crippen molar-refractivity contribution in [2.45, 2.75) is 45.3 Å². The van der Waals surface area contributed by atoms with E-state index in [4.69, 9.17) is 25.6 Å². The van der Waals surface area contributed by atoms with Crippen LogP contribution < -0.4 is 4.74 Å². The molecular formula is C20H29N3O10S. The van der Waals surface area contributed by atoms with Crippen LogP contribution in [-0.2, 0) is 30.7 Å². The van der Waals surface area contributed by atoms with Crippen LogP contribution in [0.5, 0.6) is 5.75 Å². The summed E-state index contributed by atoms with van der Waals surface area (Å²) < 4.78 is 5.44. The number of amides is 1. The van der Waals surface area contributed by atoms with Gasteiger partial charge in [0.1, 0.15) is 11.8 Å². The molecular weight excluding hydrogens is 474 g/mol. The fraction of sp³-hybridized carbons (Fsp3) is 0.550. The molecule has 1 heterocycles. The number of hydrogen-bond donors (Lipinski definition) is 4. The maximum Gasteiger partial charge on any atom is 0.334 e. The Bertz CT molecular complexity index is 826. The van der Waals surface area contributed by atoms with Gasteiger partial charge in [0.2, 0.25) is 5.91 Å². The van der Waals surface area contributed by atoms with Gasteiger partial charge in [-0.2, -0.15) is 0 Å². The molecule has 1 aromatic rings. The third-order valence-electron chi connectivity index (χ3n) is 4.92. The van der Waals surface area contributed by atoms with Gasteiger partial charge in [0, 0.05) is 24.6 Å². The van der Waals surface area contributed by atoms with Crippen molar-refractivity contribution in [3.63, 3.8) is 0 Å². The number of benzene rings is 1. The van der Waals surface area contributed by atoms with E-state index in [0.717, 1.165) is 11.8 Å². The molecule has 190 valence electrons. The van der Waals surface area contributed by atoms with E-state index < -0.39 is 28.7 Å². The summed E-state index contributed by atoms with van der Waals surface area (Å²) in [7, 11) is 0. The predicted molar refractivity (Wildman–Crippen MR) is 114 cm³/mol. The van der Waals surface area contributed by atoms with Gasteiger partial charge in [-0.15, -0.1) is 0 Å². The van der Waals surface area contributed by atoms with E-state index >= 15 is 0 Å². The number of hydrogen-bond acceptors (Lipinski definition) is 13. The molecule has 0 aromatic heterocycles. The first-order valence-corrected chi connectivity index (χ1v) is 11.5. The Balaban J connectivity index is 1.84. The summed E-state index contributed by atoms with van der Waals surface area (Å²) in [6, 6.07) is 5.60. The molecule has 2 rings (SSSR count). The van der Waals surface area contributed by atoms with Gasteiger partial charge in [-0.05, 0) is 37.0 Å². The summed E-state index contributed by atoms with van der Waals surface area (Å²) in [6.45, 7) is 1.91. The average molecular weight is 504 g/mol. The fourth-order valence-corrected chi connectivity index (χ4v) is 4.17. The lowest BCUT2D eigenvalue weighted by molar-refractivity contribution is -0.497. The minimum Gasteiger partial charge on any atom is -0.425 e. The Morgan fingerprint density at radius 1 is 1.18 bits per heavy atom. The summed E-state index contributed by atoms with van der Waals surface area (Å²) in [5.74, 6) is -0.835. The van der Waals surface area contributed by atoms with Gasteiger partial charge in [0.25, 0.3) is 0 Å². The molecule has 1 aromatic carbocycles. The second-order valence-electron chi connectivity index (χ2n) is 7.56. The van der Waals surface area contributed by atoms with E-state index in [0.29, 0.717) is 24.9 Å². The van der Waals surface area contributed by atoms with E-state index in [2.05, 4.69) is 9.68 Å². The Kier molecular flexibility index (Phi) is 11.8. The number of rotatable bonds is 13. The molecule has 0 radical (unpaired) electrons. The molecule has 1 fully saturated rings. The number of ether oxygens (including phenoxy) is 1. The number of carbonyl (C=O) groups excluding carboxylic acids is 3. The third-order valence-corrected chi connectivity index (χ3v) is 6.11. The minimum absolute atomic E-state index is 0.0391. The molecule has 1 aliphatic rings. The van der Waals surface area contributed by atoms with Crippen LogP contribution >= 0.6 is 11.8 Å². The molecule has 1 amide bonds. The summed E-state index contributed by atoms with van der Waals surface area (Å²) >= 11 is 1.00. The first kappa shape index (κ1) is 28.1. The van der Waals surface area contributed by atoms with Crippen LogP contribution in [0, 0.1) is 5.92 Å². The predicted octanol–water partition coefficient (Wildman–Crippen LogP) is 1.78. The molecule has 14 heteroatoms. The second kappa shape index (κ2) is 14.3. The highest BCUT2D eigenvalue weighted by molar-refractivity contribution is 8.13. The quantitative estimate of drug-likeness (QED) is 0.133.